The Morgan fingerprint density at radius 1 is 1.03 bits per heavy atom. The summed E-state index contributed by atoms with van der Waals surface area (Å²) in [5.74, 6) is -0.596. The Morgan fingerprint density at radius 2 is 1.63 bits per heavy atom. The first-order chi connectivity index (χ1) is 14.0. The van der Waals surface area contributed by atoms with Crippen LogP contribution < -0.4 is 5.32 Å². The van der Waals surface area contributed by atoms with E-state index in [-0.39, 0.29) is 24.3 Å². The second-order valence-electron chi connectivity index (χ2n) is 7.85. The van der Waals surface area contributed by atoms with E-state index >= 15 is 0 Å². The number of carbonyl (C=O) groups excluding carboxylic acids is 1. The third kappa shape index (κ3) is 4.10. The minimum absolute atomic E-state index is 0.0406. The van der Waals surface area contributed by atoms with Crippen molar-refractivity contribution in [3.8, 4) is 0 Å². The molecule has 162 valence electrons. The van der Waals surface area contributed by atoms with E-state index in [4.69, 9.17) is 0 Å². The van der Waals surface area contributed by atoms with Crippen molar-refractivity contribution in [2.24, 2.45) is 0 Å². The molecule has 2 aromatic rings. The molecule has 0 radical (unpaired) electrons. The van der Waals surface area contributed by atoms with E-state index in [9.17, 15) is 26.4 Å². The number of sulfone groups is 1. The molecule has 0 atom stereocenters. The van der Waals surface area contributed by atoms with Gasteiger partial charge in [-0.05, 0) is 61.6 Å². The smallest absolute Gasteiger partial charge is 0.351 e. The maximum Gasteiger partial charge on any atom is 0.416 e. The Hall–Kier alpha value is -2.35. The van der Waals surface area contributed by atoms with Crippen molar-refractivity contribution < 1.29 is 26.4 Å². The standard InChI is InChI=1S/C22H24F3NO3S/c1-15-5-6-16(2)19(13-15)30(28,29)21(11-3-4-12-21)20(27)26-14-17-7-9-18(10-8-17)22(23,24)25/h5-10,13H,3-4,11-12,14H2,1-2H3,(H,26,27). The predicted molar refractivity (Wildman–Crippen MR) is 108 cm³/mol. The predicted octanol–water partition coefficient (Wildman–Crippen LogP) is 4.73. The van der Waals surface area contributed by atoms with Crippen LogP contribution in [0.4, 0.5) is 13.2 Å². The SMILES string of the molecule is Cc1ccc(C)c(S(=O)(=O)C2(C(=O)NCc3ccc(C(F)(F)F)cc3)CCCC2)c1. The minimum Gasteiger partial charge on any atom is -0.351 e. The van der Waals surface area contributed by atoms with Crippen LogP contribution in [0.15, 0.2) is 47.4 Å². The van der Waals surface area contributed by atoms with Crippen LogP contribution in [0.3, 0.4) is 0 Å². The quantitative estimate of drug-likeness (QED) is 0.733. The lowest BCUT2D eigenvalue weighted by Crippen LogP contribution is -2.50. The first-order valence-electron chi connectivity index (χ1n) is 9.74. The van der Waals surface area contributed by atoms with E-state index in [1.807, 2.05) is 6.07 Å². The number of alkyl halides is 3. The molecular weight excluding hydrogens is 415 g/mol. The molecule has 1 aliphatic carbocycles. The molecule has 1 saturated carbocycles. The Kier molecular flexibility index (Phi) is 6.00. The van der Waals surface area contributed by atoms with E-state index in [2.05, 4.69) is 5.32 Å². The van der Waals surface area contributed by atoms with E-state index in [0.29, 0.717) is 24.0 Å². The third-order valence-electron chi connectivity index (χ3n) is 5.71. The van der Waals surface area contributed by atoms with E-state index in [0.717, 1.165) is 17.7 Å². The summed E-state index contributed by atoms with van der Waals surface area (Å²) in [5.41, 5.74) is 1.07. The topological polar surface area (TPSA) is 63.2 Å². The van der Waals surface area contributed by atoms with Gasteiger partial charge in [0.2, 0.25) is 5.91 Å². The molecule has 0 bridgehead atoms. The molecule has 0 unspecified atom stereocenters. The lowest BCUT2D eigenvalue weighted by atomic mass is 10.1. The van der Waals surface area contributed by atoms with Crippen LogP contribution in [0.5, 0.6) is 0 Å². The summed E-state index contributed by atoms with van der Waals surface area (Å²) < 4.78 is 63.7. The van der Waals surface area contributed by atoms with Gasteiger partial charge in [0, 0.05) is 6.54 Å². The molecular formula is C22H24F3NO3S. The molecule has 8 heteroatoms. The zero-order valence-electron chi connectivity index (χ0n) is 16.8. The second kappa shape index (κ2) is 8.06. The fraction of sp³-hybridized carbons (Fsp3) is 0.409. The van der Waals surface area contributed by atoms with Crippen molar-refractivity contribution in [2.45, 2.75) is 61.9 Å². The van der Waals surface area contributed by atoms with Gasteiger partial charge in [-0.25, -0.2) is 8.42 Å². The van der Waals surface area contributed by atoms with Gasteiger partial charge < -0.3 is 5.32 Å². The van der Waals surface area contributed by atoms with Crippen molar-refractivity contribution in [1.29, 1.82) is 0 Å². The number of amides is 1. The number of hydrogen-bond acceptors (Lipinski definition) is 3. The van der Waals surface area contributed by atoms with Gasteiger partial charge in [0.15, 0.2) is 14.6 Å². The molecule has 0 saturated heterocycles. The normalized spacial score (nSPS) is 16.4. The first kappa shape index (κ1) is 22.3. The lowest BCUT2D eigenvalue weighted by molar-refractivity contribution is -0.137. The maximum absolute atomic E-state index is 13.6. The van der Waals surface area contributed by atoms with Crippen LogP contribution in [0, 0.1) is 13.8 Å². The van der Waals surface area contributed by atoms with Gasteiger partial charge in [-0.15, -0.1) is 0 Å². The molecule has 0 aromatic heterocycles. The van der Waals surface area contributed by atoms with Crippen molar-refractivity contribution in [3.63, 3.8) is 0 Å². The molecule has 1 aliphatic rings. The monoisotopic (exact) mass is 439 g/mol. The largest absolute Gasteiger partial charge is 0.416 e. The van der Waals surface area contributed by atoms with Gasteiger partial charge in [-0.1, -0.05) is 37.1 Å². The van der Waals surface area contributed by atoms with E-state index in [1.54, 1.807) is 26.0 Å². The highest BCUT2D eigenvalue weighted by atomic mass is 32.2. The summed E-state index contributed by atoms with van der Waals surface area (Å²) in [5, 5.41) is 2.65. The molecule has 1 fully saturated rings. The summed E-state index contributed by atoms with van der Waals surface area (Å²) in [6.07, 6.45) is -2.74. The number of aryl methyl sites for hydroxylation is 2. The average molecular weight is 439 g/mol. The molecule has 2 aromatic carbocycles. The van der Waals surface area contributed by atoms with Crippen LogP contribution in [0.2, 0.25) is 0 Å². The van der Waals surface area contributed by atoms with Crippen LogP contribution in [0.1, 0.15) is 47.9 Å². The number of benzene rings is 2. The Morgan fingerprint density at radius 3 is 2.20 bits per heavy atom. The van der Waals surface area contributed by atoms with E-state index < -0.39 is 32.2 Å². The van der Waals surface area contributed by atoms with Crippen LogP contribution in [-0.2, 0) is 27.4 Å². The zero-order valence-corrected chi connectivity index (χ0v) is 17.7. The maximum atomic E-state index is 13.6. The summed E-state index contributed by atoms with van der Waals surface area (Å²) in [6.45, 7) is 3.46. The fourth-order valence-corrected chi connectivity index (χ4v) is 6.32. The molecule has 1 amide bonds. The van der Waals surface area contributed by atoms with E-state index in [1.165, 1.54) is 12.1 Å². The molecule has 0 heterocycles. The third-order valence-corrected chi connectivity index (χ3v) is 8.35. The average Bonchev–Trinajstić information content (AvgIpc) is 3.19. The summed E-state index contributed by atoms with van der Waals surface area (Å²) >= 11 is 0. The zero-order chi connectivity index (χ0) is 22.2. The molecule has 0 spiro atoms. The van der Waals surface area contributed by atoms with Gasteiger partial charge in [0.25, 0.3) is 0 Å². The van der Waals surface area contributed by atoms with Crippen molar-refractivity contribution in [3.05, 3.63) is 64.7 Å². The molecule has 30 heavy (non-hydrogen) atoms. The first-order valence-corrected chi connectivity index (χ1v) is 11.2. The Labute approximate surface area is 174 Å². The van der Waals surface area contributed by atoms with Crippen LogP contribution in [0.25, 0.3) is 0 Å². The van der Waals surface area contributed by atoms with Crippen LogP contribution >= 0.6 is 0 Å². The number of halogens is 3. The highest BCUT2D eigenvalue weighted by Crippen LogP contribution is 2.42. The van der Waals surface area contributed by atoms with Gasteiger partial charge in [-0.2, -0.15) is 13.2 Å². The molecule has 4 nitrogen and oxygen atoms in total. The van der Waals surface area contributed by atoms with Gasteiger partial charge in [0.1, 0.15) is 0 Å². The molecule has 1 N–H and O–H groups in total. The Bertz CT molecular complexity index is 1040. The number of carbonyl (C=O) groups is 1. The van der Waals surface area contributed by atoms with Gasteiger partial charge in [-0.3, -0.25) is 4.79 Å². The fourth-order valence-electron chi connectivity index (χ4n) is 3.93. The molecule has 3 rings (SSSR count). The lowest BCUT2D eigenvalue weighted by Gasteiger charge is -2.28. The number of hydrogen-bond donors (Lipinski definition) is 1. The number of rotatable bonds is 5. The highest BCUT2D eigenvalue weighted by Gasteiger charge is 2.53. The summed E-state index contributed by atoms with van der Waals surface area (Å²) in [7, 11) is -3.94. The molecule has 0 aliphatic heterocycles. The van der Waals surface area contributed by atoms with Gasteiger partial charge in [0.05, 0.1) is 10.5 Å². The number of nitrogens with one attached hydrogen (secondary N) is 1. The Balaban J connectivity index is 1.85. The van der Waals surface area contributed by atoms with Gasteiger partial charge >= 0.3 is 6.18 Å². The minimum atomic E-state index is -4.44. The van der Waals surface area contributed by atoms with Crippen LogP contribution in [-0.4, -0.2) is 19.1 Å². The van der Waals surface area contributed by atoms with Crippen molar-refractivity contribution in [2.75, 3.05) is 0 Å². The highest BCUT2D eigenvalue weighted by molar-refractivity contribution is 7.93. The second-order valence-corrected chi connectivity index (χ2v) is 10.1. The summed E-state index contributed by atoms with van der Waals surface area (Å²) in [6, 6.07) is 9.59. The van der Waals surface area contributed by atoms with Crippen molar-refractivity contribution >= 4 is 15.7 Å². The van der Waals surface area contributed by atoms with Crippen molar-refractivity contribution in [1.82, 2.24) is 5.32 Å². The summed E-state index contributed by atoms with van der Waals surface area (Å²) in [4.78, 5) is 13.3.